The Kier molecular flexibility index (Phi) is 3.63. The van der Waals surface area contributed by atoms with Gasteiger partial charge in [0.2, 0.25) is 0 Å². The Morgan fingerprint density at radius 1 is 1.44 bits per heavy atom. The number of carbonyl (C=O) groups excluding carboxylic acids is 1. The zero-order chi connectivity index (χ0) is 13.1. The van der Waals surface area contributed by atoms with Crippen molar-refractivity contribution in [3.8, 4) is 6.07 Å². The molecule has 1 fully saturated rings. The summed E-state index contributed by atoms with van der Waals surface area (Å²) in [4.78, 5) is 13.7. The number of nitrogens with zero attached hydrogens (tertiary/aromatic N) is 2. The zero-order valence-corrected chi connectivity index (χ0v) is 10.6. The van der Waals surface area contributed by atoms with Crippen molar-refractivity contribution in [1.29, 1.82) is 5.26 Å². The Labute approximate surface area is 107 Å². The minimum Gasteiger partial charge on any atom is -0.365 e. The summed E-state index contributed by atoms with van der Waals surface area (Å²) in [6.07, 6.45) is 0.126. The van der Waals surface area contributed by atoms with Crippen molar-refractivity contribution in [1.82, 2.24) is 0 Å². The molecule has 1 aliphatic heterocycles. The van der Waals surface area contributed by atoms with E-state index in [2.05, 4.69) is 6.07 Å². The maximum absolute atomic E-state index is 12.0. The van der Waals surface area contributed by atoms with E-state index in [1.54, 1.807) is 4.90 Å². The Hall–Kier alpha value is -1.86. The van der Waals surface area contributed by atoms with Crippen LogP contribution in [0.3, 0.4) is 0 Å². The molecule has 94 valence electrons. The summed E-state index contributed by atoms with van der Waals surface area (Å²) >= 11 is 0. The van der Waals surface area contributed by atoms with E-state index in [-0.39, 0.29) is 18.6 Å². The van der Waals surface area contributed by atoms with E-state index in [0.29, 0.717) is 13.0 Å². The van der Waals surface area contributed by atoms with Gasteiger partial charge in [0, 0.05) is 5.69 Å². The molecule has 1 aliphatic rings. The van der Waals surface area contributed by atoms with Crippen molar-refractivity contribution in [3.63, 3.8) is 0 Å². The molecule has 1 saturated heterocycles. The van der Waals surface area contributed by atoms with Crippen molar-refractivity contribution in [2.45, 2.75) is 26.4 Å². The topological polar surface area (TPSA) is 53.3 Å². The lowest BCUT2D eigenvalue weighted by Crippen LogP contribution is -2.47. The Morgan fingerprint density at radius 2 is 2.11 bits per heavy atom. The largest absolute Gasteiger partial charge is 0.365 e. The quantitative estimate of drug-likeness (QED) is 0.799. The smallest absolute Gasteiger partial charge is 0.253 e. The second kappa shape index (κ2) is 5.19. The van der Waals surface area contributed by atoms with Gasteiger partial charge in [-0.05, 0) is 25.0 Å². The summed E-state index contributed by atoms with van der Waals surface area (Å²) in [5, 5.41) is 8.72. The molecule has 1 atom stereocenters. The Balaban J connectivity index is 2.30. The van der Waals surface area contributed by atoms with E-state index < -0.39 is 0 Å². The number of hydrogen-bond acceptors (Lipinski definition) is 3. The molecule has 1 aromatic carbocycles. The van der Waals surface area contributed by atoms with Gasteiger partial charge in [-0.1, -0.05) is 18.2 Å². The molecule has 1 unspecified atom stereocenters. The Bertz CT molecular complexity index is 485. The first-order valence-electron chi connectivity index (χ1n) is 5.98. The van der Waals surface area contributed by atoms with Gasteiger partial charge in [-0.25, -0.2) is 0 Å². The summed E-state index contributed by atoms with van der Waals surface area (Å²) in [5.74, 6) is -0.0402. The first-order chi connectivity index (χ1) is 8.63. The molecule has 0 aliphatic carbocycles. The second-order valence-electron chi connectivity index (χ2n) is 4.54. The number of para-hydroxylation sites is 1. The molecule has 4 nitrogen and oxygen atoms in total. The molecule has 18 heavy (non-hydrogen) atoms. The fourth-order valence-electron chi connectivity index (χ4n) is 2.30. The van der Waals surface area contributed by atoms with Gasteiger partial charge in [0.15, 0.2) is 0 Å². The fourth-order valence-corrected chi connectivity index (χ4v) is 2.30. The number of amides is 1. The number of hydrogen-bond donors (Lipinski definition) is 0. The predicted octanol–water partition coefficient (Wildman–Crippen LogP) is 1.95. The van der Waals surface area contributed by atoms with Gasteiger partial charge >= 0.3 is 0 Å². The number of rotatable bonds is 2. The highest BCUT2D eigenvalue weighted by molar-refractivity contribution is 5.96. The van der Waals surface area contributed by atoms with Gasteiger partial charge in [-0.15, -0.1) is 0 Å². The lowest BCUT2D eigenvalue weighted by molar-refractivity contribution is -0.129. The summed E-state index contributed by atoms with van der Waals surface area (Å²) in [7, 11) is 0. The highest BCUT2D eigenvalue weighted by atomic mass is 16.5. The maximum atomic E-state index is 12.0. The highest BCUT2D eigenvalue weighted by Gasteiger charge is 2.28. The van der Waals surface area contributed by atoms with E-state index in [4.69, 9.17) is 10.00 Å². The molecule has 1 amide bonds. The number of morpholine rings is 1. The van der Waals surface area contributed by atoms with Crippen LogP contribution in [-0.2, 0) is 9.53 Å². The number of anilines is 1. The minimum atomic E-state index is -0.188. The van der Waals surface area contributed by atoms with Gasteiger partial charge in [0.25, 0.3) is 5.91 Å². The van der Waals surface area contributed by atoms with Crippen molar-refractivity contribution in [3.05, 3.63) is 29.3 Å². The van der Waals surface area contributed by atoms with E-state index in [0.717, 1.165) is 16.8 Å². The van der Waals surface area contributed by atoms with Crippen LogP contribution in [-0.4, -0.2) is 25.2 Å². The third-order valence-electron chi connectivity index (χ3n) is 3.16. The first kappa shape index (κ1) is 12.6. The zero-order valence-electron chi connectivity index (χ0n) is 10.6. The van der Waals surface area contributed by atoms with Crippen molar-refractivity contribution in [2.24, 2.45) is 0 Å². The average molecular weight is 244 g/mol. The fraction of sp³-hybridized carbons (Fsp3) is 0.429. The molecular formula is C14H16N2O2. The molecule has 0 N–H and O–H groups in total. The number of carbonyl (C=O) groups is 1. The van der Waals surface area contributed by atoms with Crippen LogP contribution in [0.1, 0.15) is 17.5 Å². The van der Waals surface area contributed by atoms with E-state index in [9.17, 15) is 4.79 Å². The van der Waals surface area contributed by atoms with Crippen LogP contribution in [0.15, 0.2) is 18.2 Å². The van der Waals surface area contributed by atoms with Crippen LogP contribution < -0.4 is 4.90 Å². The molecule has 0 saturated carbocycles. The van der Waals surface area contributed by atoms with Gasteiger partial charge in [-0.2, -0.15) is 5.26 Å². The maximum Gasteiger partial charge on any atom is 0.253 e. The molecule has 0 spiro atoms. The number of benzene rings is 1. The SMILES string of the molecule is Cc1cccc(C)c1N1CC(CC#N)OCC1=O. The summed E-state index contributed by atoms with van der Waals surface area (Å²) in [5.41, 5.74) is 3.09. The standard InChI is InChI=1S/C14H16N2O2/c1-10-4-3-5-11(2)14(10)16-8-12(6-7-15)18-9-13(16)17/h3-5,12H,6,8-9H2,1-2H3. The minimum absolute atomic E-state index is 0.0402. The normalized spacial score (nSPS) is 19.7. The molecule has 0 bridgehead atoms. The van der Waals surface area contributed by atoms with Gasteiger partial charge in [0.05, 0.1) is 25.1 Å². The molecule has 1 heterocycles. The van der Waals surface area contributed by atoms with Crippen LogP contribution in [0.4, 0.5) is 5.69 Å². The third kappa shape index (κ3) is 2.36. The van der Waals surface area contributed by atoms with Crippen LogP contribution >= 0.6 is 0 Å². The second-order valence-corrected chi connectivity index (χ2v) is 4.54. The number of aryl methyl sites for hydroxylation is 2. The molecule has 4 heteroatoms. The van der Waals surface area contributed by atoms with E-state index in [1.807, 2.05) is 32.0 Å². The van der Waals surface area contributed by atoms with Crippen molar-refractivity contribution in [2.75, 3.05) is 18.1 Å². The summed E-state index contributed by atoms with van der Waals surface area (Å²) in [6, 6.07) is 8.05. The molecule has 1 aromatic rings. The average Bonchev–Trinajstić information content (AvgIpc) is 2.33. The summed E-state index contributed by atoms with van der Waals surface area (Å²) < 4.78 is 5.35. The van der Waals surface area contributed by atoms with Crippen LogP contribution in [0.5, 0.6) is 0 Å². The molecule has 0 radical (unpaired) electrons. The lowest BCUT2D eigenvalue weighted by atomic mass is 10.1. The first-order valence-corrected chi connectivity index (χ1v) is 5.98. The van der Waals surface area contributed by atoms with Crippen molar-refractivity contribution < 1.29 is 9.53 Å². The highest BCUT2D eigenvalue weighted by Crippen LogP contribution is 2.27. The van der Waals surface area contributed by atoms with Crippen molar-refractivity contribution >= 4 is 11.6 Å². The van der Waals surface area contributed by atoms with Gasteiger partial charge < -0.3 is 9.64 Å². The van der Waals surface area contributed by atoms with Gasteiger partial charge in [0.1, 0.15) is 6.61 Å². The lowest BCUT2D eigenvalue weighted by Gasteiger charge is -2.33. The summed E-state index contributed by atoms with van der Waals surface area (Å²) in [6.45, 7) is 4.49. The van der Waals surface area contributed by atoms with Crippen LogP contribution in [0.25, 0.3) is 0 Å². The van der Waals surface area contributed by atoms with E-state index in [1.165, 1.54) is 0 Å². The Morgan fingerprint density at radius 3 is 2.72 bits per heavy atom. The number of ether oxygens (including phenoxy) is 1. The van der Waals surface area contributed by atoms with Gasteiger partial charge in [-0.3, -0.25) is 4.79 Å². The van der Waals surface area contributed by atoms with Crippen LogP contribution in [0, 0.1) is 25.2 Å². The number of nitriles is 1. The predicted molar refractivity (Wildman–Crippen MR) is 68.2 cm³/mol. The third-order valence-corrected chi connectivity index (χ3v) is 3.16. The monoisotopic (exact) mass is 244 g/mol. The van der Waals surface area contributed by atoms with Crippen LogP contribution in [0.2, 0.25) is 0 Å². The molecular weight excluding hydrogens is 228 g/mol. The molecule has 0 aromatic heterocycles. The van der Waals surface area contributed by atoms with E-state index >= 15 is 0 Å². The molecule has 2 rings (SSSR count).